The number of hydrogen-bond acceptors (Lipinski definition) is 3. The van der Waals surface area contributed by atoms with Gasteiger partial charge < -0.3 is 9.31 Å². The lowest BCUT2D eigenvalue weighted by Gasteiger charge is -2.32. The van der Waals surface area contributed by atoms with E-state index in [9.17, 15) is 0 Å². The standard InChI is InChI=1S/C14H19BIN2O2P/c1-9-6-11(10-8-17-18(21-16)12(10)7-9)15-19-13(2,3)14(4,5)20-15/h6-8,21H,1-5H3. The summed E-state index contributed by atoms with van der Waals surface area (Å²) in [5, 5.41) is 5.58. The molecule has 2 aromatic rings. The first kappa shape index (κ1) is 15.7. The number of aromatic nitrogens is 2. The summed E-state index contributed by atoms with van der Waals surface area (Å²) in [5.41, 5.74) is 2.77. The van der Waals surface area contributed by atoms with Gasteiger partial charge in [-0.25, -0.2) is 4.45 Å². The highest BCUT2D eigenvalue weighted by atomic mass is 127. The maximum absolute atomic E-state index is 6.20. The van der Waals surface area contributed by atoms with Crippen LogP contribution >= 0.6 is 28.4 Å². The Morgan fingerprint density at radius 3 is 2.38 bits per heavy atom. The summed E-state index contributed by atoms with van der Waals surface area (Å²) in [7, 11) is -0.340. The molecule has 0 amide bonds. The molecule has 1 unspecified atom stereocenters. The van der Waals surface area contributed by atoms with Crippen molar-refractivity contribution in [2.45, 2.75) is 45.8 Å². The summed E-state index contributed by atoms with van der Waals surface area (Å²) >= 11 is 2.35. The second-order valence-electron chi connectivity index (χ2n) is 6.52. The van der Waals surface area contributed by atoms with Crippen LogP contribution in [-0.4, -0.2) is 27.9 Å². The van der Waals surface area contributed by atoms with E-state index in [4.69, 9.17) is 9.31 Å². The van der Waals surface area contributed by atoms with E-state index < -0.39 is 0 Å². The topological polar surface area (TPSA) is 36.3 Å². The van der Waals surface area contributed by atoms with E-state index in [0.29, 0.717) is 6.37 Å². The SMILES string of the molecule is Cc1cc(B2OC(C)(C)C(C)(C)O2)c2cnn(PI)c2c1. The third-order valence-electron chi connectivity index (χ3n) is 4.45. The van der Waals surface area contributed by atoms with Crippen molar-refractivity contribution in [3.63, 3.8) is 0 Å². The fourth-order valence-electron chi connectivity index (χ4n) is 2.53. The summed E-state index contributed by atoms with van der Waals surface area (Å²) < 4.78 is 14.4. The number of nitrogens with zero attached hydrogens (tertiary/aromatic N) is 2. The first-order valence-electron chi connectivity index (χ1n) is 6.96. The Hall–Kier alpha value is -0.165. The molecule has 0 spiro atoms. The molecule has 0 radical (unpaired) electrons. The molecule has 1 atom stereocenters. The van der Waals surface area contributed by atoms with Gasteiger partial charge in [0.1, 0.15) is 0 Å². The van der Waals surface area contributed by atoms with Crippen LogP contribution in [0, 0.1) is 6.92 Å². The van der Waals surface area contributed by atoms with Crippen LogP contribution in [0.15, 0.2) is 18.3 Å². The second kappa shape index (κ2) is 5.19. The van der Waals surface area contributed by atoms with E-state index in [0.717, 1.165) is 16.4 Å². The van der Waals surface area contributed by atoms with Gasteiger partial charge in [0.25, 0.3) is 0 Å². The van der Waals surface area contributed by atoms with Gasteiger partial charge in [0, 0.05) is 5.39 Å². The molecule has 0 N–H and O–H groups in total. The summed E-state index contributed by atoms with van der Waals surface area (Å²) in [4.78, 5) is 0. The third kappa shape index (κ3) is 2.54. The van der Waals surface area contributed by atoms with Crippen molar-refractivity contribution >= 4 is 51.9 Å². The van der Waals surface area contributed by atoms with Gasteiger partial charge in [-0.15, -0.1) is 0 Å². The first-order valence-corrected chi connectivity index (χ1v) is 11.0. The molecule has 1 saturated heterocycles. The number of benzene rings is 1. The molecule has 2 heterocycles. The van der Waals surface area contributed by atoms with Gasteiger partial charge in [0.05, 0.1) is 29.3 Å². The molecule has 1 aromatic heterocycles. The molecule has 0 saturated carbocycles. The molecule has 7 heteroatoms. The molecule has 112 valence electrons. The van der Waals surface area contributed by atoms with Crippen LogP contribution < -0.4 is 5.46 Å². The Balaban J connectivity index is 2.12. The summed E-state index contributed by atoms with van der Waals surface area (Å²) in [5.74, 6) is 0. The van der Waals surface area contributed by atoms with Crippen molar-refractivity contribution in [3.8, 4) is 0 Å². The molecular formula is C14H19BIN2O2P. The van der Waals surface area contributed by atoms with Gasteiger partial charge in [-0.2, -0.15) is 5.10 Å². The minimum absolute atomic E-state index is 0.325. The zero-order valence-electron chi connectivity index (χ0n) is 12.9. The lowest BCUT2D eigenvalue weighted by molar-refractivity contribution is 0.00578. The fraction of sp³-hybridized carbons (Fsp3) is 0.500. The Labute approximate surface area is 140 Å². The predicted octanol–water partition coefficient (Wildman–Crippen LogP) is 3.44. The Kier molecular flexibility index (Phi) is 3.88. The van der Waals surface area contributed by atoms with E-state index in [2.05, 4.69) is 73.9 Å². The predicted molar refractivity (Wildman–Crippen MR) is 97.9 cm³/mol. The van der Waals surface area contributed by atoms with Crippen LogP contribution in [0.25, 0.3) is 10.9 Å². The number of fused-ring (bicyclic) bond motifs is 1. The van der Waals surface area contributed by atoms with Crippen molar-refractivity contribution in [2.75, 3.05) is 0 Å². The Bertz CT molecular complexity index is 686. The third-order valence-corrected chi connectivity index (χ3v) is 6.34. The van der Waals surface area contributed by atoms with Gasteiger partial charge in [-0.3, -0.25) is 0 Å². The average Bonchev–Trinajstić information content (AvgIpc) is 2.87. The molecule has 1 fully saturated rings. The average molecular weight is 416 g/mol. The van der Waals surface area contributed by atoms with Gasteiger partial charge in [-0.05, 0) is 73.8 Å². The largest absolute Gasteiger partial charge is 0.495 e. The lowest BCUT2D eigenvalue weighted by Crippen LogP contribution is -2.41. The van der Waals surface area contributed by atoms with E-state index in [1.165, 1.54) is 5.56 Å². The molecule has 3 rings (SSSR count). The van der Waals surface area contributed by atoms with Crippen LogP contribution in [0.1, 0.15) is 33.3 Å². The zero-order valence-corrected chi connectivity index (χ0v) is 16.1. The molecule has 0 bridgehead atoms. The fourth-order valence-corrected chi connectivity index (χ4v) is 4.06. The van der Waals surface area contributed by atoms with Crippen LogP contribution in [0.5, 0.6) is 0 Å². The highest BCUT2D eigenvalue weighted by molar-refractivity contribution is 14.2. The van der Waals surface area contributed by atoms with Gasteiger partial charge in [0.15, 0.2) is 0 Å². The monoisotopic (exact) mass is 416 g/mol. The maximum Gasteiger partial charge on any atom is 0.495 e. The quantitative estimate of drug-likeness (QED) is 0.428. The number of hydrogen-bond donors (Lipinski definition) is 0. The molecule has 21 heavy (non-hydrogen) atoms. The Morgan fingerprint density at radius 2 is 1.81 bits per heavy atom. The molecular weight excluding hydrogens is 397 g/mol. The second-order valence-corrected chi connectivity index (χ2v) is 8.56. The van der Waals surface area contributed by atoms with Crippen molar-refractivity contribution in [3.05, 3.63) is 23.9 Å². The van der Waals surface area contributed by atoms with Crippen molar-refractivity contribution < 1.29 is 9.31 Å². The van der Waals surface area contributed by atoms with Crippen LogP contribution in [0.2, 0.25) is 0 Å². The van der Waals surface area contributed by atoms with Gasteiger partial charge in [0.2, 0.25) is 0 Å². The normalized spacial score (nSPS) is 21.0. The summed E-state index contributed by atoms with van der Waals surface area (Å²) in [6.45, 7) is 10.4. The van der Waals surface area contributed by atoms with Crippen LogP contribution in [0.4, 0.5) is 0 Å². The van der Waals surface area contributed by atoms with Gasteiger partial charge >= 0.3 is 7.12 Å². The highest BCUT2D eigenvalue weighted by Crippen LogP contribution is 2.37. The van der Waals surface area contributed by atoms with Crippen molar-refractivity contribution in [1.82, 2.24) is 9.55 Å². The highest BCUT2D eigenvalue weighted by Gasteiger charge is 2.52. The molecule has 4 nitrogen and oxygen atoms in total. The van der Waals surface area contributed by atoms with E-state index in [-0.39, 0.29) is 18.3 Å². The number of aryl methyl sites for hydroxylation is 1. The molecule has 1 aromatic carbocycles. The maximum atomic E-state index is 6.20. The smallest absolute Gasteiger partial charge is 0.399 e. The number of halogens is 1. The van der Waals surface area contributed by atoms with Crippen LogP contribution in [0.3, 0.4) is 0 Å². The van der Waals surface area contributed by atoms with Crippen LogP contribution in [-0.2, 0) is 9.31 Å². The molecule has 1 aliphatic rings. The summed E-state index contributed by atoms with van der Waals surface area (Å²) in [6, 6.07) is 4.32. The summed E-state index contributed by atoms with van der Waals surface area (Å²) in [6.07, 6.45) is 2.50. The first-order chi connectivity index (χ1) is 9.75. The minimum Gasteiger partial charge on any atom is -0.399 e. The van der Waals surface area contributed by atoms with Crippen molar-refractivity contribution in [2.24, 2.45) is 0 Å². The van der Waals surface area contributed by atoms with Crippen molar-refractivity contribution in [1.29, 1.82) is 0 Å². The lowest BCUT2D eigenvalue weighted by atomic mass is 9.76. The zero-order chi connectivity index (χ0) is 15.4. The number of rotatable bonds is 2. The molecule has 0 aliphatic carbocycles. The van der Waals surface area contributed by atoms with Gasteiger partial charge in [-0.1, -0.05) is 6.07 Å². The Morgan fingerprint density at radius 1 is 1.19 bits per heavy atom. The van der Waals surface area contributed by atoms with E-state index in [1.807, 2.05) is 10.6 Å². The van der Waals surface area contributed by atoms with E-state index in [1.54, 1.807) is 0 Å². The van der Waals surface area contributed by atoms with E-state index >= 15 is 0 Å². The minimum atomic E-state index is -0.340. The molecule has 1 aliphatic heterocycles.